The molecule has 2 rings (SSSR count). The molecule has 1 unspecified atom stereocenters. The Labute approximate surface area is 160 Å². The predicted molar refractivity (Wildman–Crippen MR) is 105 cm³/mol. The molecule has 0 heterocycles. The molecule has 2 amide bonds. The summed E-state index contributed by atoms with van der Waals surface area (Å²) in [5.41, 5.74) is 2.96. The standard InChI is InChI=1S/C22H25N3O2/c1-15(2)20(24-21(26)19-8-6-5-7-16(19)3)22(27)25(4)14-18-11-9-17(13-23)10-12-18/h5-12,15,20H,14H2,1-4H3,(H,24,26). The zero-order chi connectivity index (χ0) is 20.0. The second-order valence-electron chi connectivity index (χ2n) is 7.01. The molecule has 2 aromatic carbocycles. The smallest absolute Gasteiger partial charge is 0.252 e. The molecule has 0 aliphatic rings. The second-order valence-corrected chi connectivity index (χ2v) is 7.01. The maximum atomic E-state index is 12.9. The number of nitrogens with zero attached hydrogens (tertiary/aromatic N) is 2. The monoisotopic (exact) mass is 363 g/mol. The number of carbonyl (C=O) groups excluding carboxylic acids is 2. The van der Waals surface area contributed by atoms with Gasteiger partial charge in [0.1, 0.15) is 6.04 Å². The van der Waals surface area contributed by atoms with E-state index in [9.17, 15) is 9.59 Å². The Balaban J connectivity index is 2.10. The molecule has 0 bridgehead atoms. The molecule has 1 atom stereocenters. The predicted octanol–water partition coefficient (Wildman–Crippen LogP) is 3.28. The van der Waals surface area contributed by atoms with Gasteiger partial charge in [-0.1, -0.05) is 44.2 Å². The van der Waals surface area contributed by atoms with Gasteiger partial charge < -0.3 is 10.2 Å². The fourth-order valence-corrected chi connectivity index (χ4v) is 2.83. The number of hydrogen-bond donors (Lipinski definition) is 1. The number of hydrogen-bond acceptors (Lipinski definition) is 3. The van der Waals surface area contributed by atoms with Crippen LogP contribution in [0.25, 0.3) is 0 Å². The highest BCUT2D eigenvalue weighted by atomic mass is 16.2. The Hall–Kier alpha value is -3.13. The molecule has 0 radical (unpaired) electrons. The van der Waals surface area contributed by atoms with Crippen molar-refractivity contribution in [2.45, 2.75) is 33.4 Å². The average Bonchev–Trinajstić information content (AvgIpc) is 2.66. The third-order valence-electron chi connectivity index (χ3n) is 4.49. The van der Waals surface area contributed by atoms with Crippen LogP contribution >= 0.6 is 0 Å². The van der Waals surface area contributed by atoms with Crippen molar-refractivity contribution in [3.63, 3.8) is 0 Å². The Kier molecular flexibility index (Phi) is 6.73. The maximum Gasteiger partial charge on any atom is 0.252 e. The van der Waals surface area contributed by atoms with Crippen LogP contribution < -0.4 is 5.32 Å². The minimum absolute atomic E-state index is 0.0473. The van der Waals surface area contributed by atoms with E-state index in [1.807, 2.05) is 51.1 Å². The zero-order valence-electron chi connectivity index (χ0n) is 16.2. The number of carbonyl (C=O) groups is 2. The summed E-state index contributed by atoms with van der Waals surface area (Å²) in [6, 6.07) is 15.9. The summed E-state index contributed by atoms with van der Waals surface area (Å²) in [6.45, 7) is 6.11. The molecule has 0 aliphatic heterocycles. The van der Waals surface area contributed by atoms with Crippen molar-refractivity contribution in [3.05, 3.63) is 70.8 Å². The fourth-order valence-electron chi connectivity index (χ4n) is 2.83. The van der Waals surface area contributed by atoms with E-state index in [4.69, 9.17) is 5.26 Å². The minimum atomic E-state index is -0.611. The third-order valence-corrected chi connectivity index (χ3v) is 4.49. The lowest BCUT2D eigenvalue weighted by atomic mass is 10.0. The van der Waals surface area contributed by atoms with E-state index < -0.39 is 6.04 Å². The maximum absolute atomic E-state index is 12.9. The van der Waals surface area contributed by atoms with Crippen LogP contribution in [0.4, 0.5) is 0 Å². The van der Waals surface area contributed by atoms with Crippen LogP contribution in [0.15, 0.2) is 48.5 Å². The lowest BCUT2D eigenvalue weighted by Crippen LogP contribution is -2.50. The summed E-state index contributed by atoms with van der Waals surface area (Å²) in [5.74, 6) is -0.433. The molecule has 1 N–H and O–H groups in total. The molecule has 140 valence electrons. The van der Waals surface area contributed by atoms with E-state index in [0.29, 0.717) is 17.7 Å². The lowest BCUT2D eigenvalue weighted by Gasteiger charge is -2.27. The molecule has 2 aromatic rings. The normalized spacial score (nSPS) is 11.6. The van der Waals surface area contributed by atoms with Crippen molar-refractivity contribution < 1.29 is 9.59 Å². The number of amides is 2. The summed E-state index contributed by atoms with van der Waals surface area (Å²) >= 11 is 0. The first-order valence-electron chi connectivity index (χ1n) is 8.94. The summed E-state index contributed by atoms with van der Waals surface area (Å²) in [5, 5.41) is 11.8. The van der Waals surface area contributed by atoms with Gasteiger partial charge in [0.15, 0.2) is 0 Å². The quantitative estimate of drug-likeness (QED) is 0.856. The highest BCUT2D eigenvalue weighted by Gasteiger charge is 2.27. The van der Waals surface area contributed by atoms with Crippen LogP contribution in [0, 0.1) is 24.2 Å². The molecular formula is C22H25N3O2. The van der Waals surface area contributed by atoms with Gasteiger partial charge in [0, 0.05) is 19.2 Å². The zero-order valence-corrected chi connectivity index (χ0v) is 16.2. The van der Waals surface area contributed by atoms with Crippen LogP contribution in [0.2, 0.25) is 0 Å². The summed E-state index contributed by atoms with van der Waals surface area (Å²) < 4.78 is 0. The molecule has 0 aromatic heterocycles. The van der Waals surface area contributed by atoms with E-state index in [0.717, 1.165) is 11.1 Å². The summed E-state index contributed by atoms with van der Waals surface area (Å²) in [7, 11) is 1.72. The molecule has 0 spiro atoms. The highest BCUT2D eigenvalue weighted by Crippen LogP contribution is 2.13. The van der Waals surface area contributed by atoms with Crippen molar-refractivity contribution in [1.29, 1.82) is 5.26 Å². The Morgan fingerprint density at radius 1 is 1.11 bits per heavy atom. The van der Waals surface area contributed by atoms with Gasteiger partial charge in [0.2, 0.25) is 5.91 Å². The van der Waals surface area contributed by atoms with Crippen LogP contribution in [0.3, 0.4) is 0 Å². The van der Waals surface area contributed by atoms with E-state index in [-0.39, 0.29) is 17.7 Å². The van der Waals surface area contributed by atoms with Crippen molar-refractivity contribution >= 4 is 11.8 Å². The van der Waals surface area contributed by atoms with Gasteiger partial charge in [-0.05, 0) is 42.2 Å². The number of rotatable bonds is 6. The van der Waals surface area contributed by atoms with Crippen molar-refractivity contribution in [2.75, 3.05) is 7.05 Å². The van der Waals surface area contributed by atoms with Crippen LogP contribution in [-0.2, 0) is 11.3 Å². The molecule has 0 fully saturated rings. The topological polar surface area (TPSA) is 73.2 Å². The molecule has 0 aliphatic carbocycles. The number of aryl methyl sites for hydroxylation is 1. The number of nitriles is 1. The lowest BCUT2D eigenvalue weighted by molar-refractivity contribution is -0.133. The van der Waals surface area contributed by atoms with Crippen LogP contribution in [-0.4, -0.2) is 29.8 Å². The summed E-state index contributed by atoms with van der Waals surface area (Å²) in [6.07, 6.45) is 0. The van der Waals surface area contributed by atoms with Gasteiger partial charge in [-0.2, -0.15) is 5.26 Å². The first-order chi connectivity index (χ1) is 12.8. The van der Waals surface area contributed by atoms with Gasteiger partial charge in [0.25, 0.3) is 5.91 Å². The van der Waals surface area contributed by atoms with Gasteiger partial charge in [-0.3, -0.25) is 9.59 Å². The van der Waals surface area contributed by atoms with E-state index in [1.54, 1.807) is 30.1 Å². The average molecular weight is 363 g/mol. The Morgan fingerprint density at radius 2 is 1.74 bits per heavy atom. The summed E-state index contributed by atoms with van der Waals surface area (Å²) in [4.78, 5) is 27.1. The molecule has 27 heavy (non-hydrogen) atoms. The third kappa shape index (κ3) is 5.18. The Bertz CT molecular complexity index is 851. The van der Waals surface area contributed by atoms with E-state index in [2.05, 4.69) is 11.4 Å². The van der Waals surface area contributed by atoms with Crippen LogP contribution in [0.5, 0.6) is 0 Å². The second kappa shape index (κ2) is 9.00. The first kappa shape index (κ1) is 20.2. The fraction of sp³-hybridized carbons (Fsp3) is 0.318. The molecule has 5 nitrogen and oxygen atoms in total. The van der Waals surface area contributed by atoms with Crippen molar-refractivity contribution in [3.8, 4) is 6.07 Å². The first-order valence-corrected chi connectivity index (χ1v) is 8.94. The van der Waals surface area contributed by atoms with Gasteiger partial charge in [-0.15, -0.1) is 0 Å². The number of likely N-dealkylation sites (N-methyl/N-ethyl adjacent to an activating group) is 1. The number of benzene rings is 2. The molecule has 0 saturated heterocycles. The van der Waals surface area contributed by atoms with Gasteiger partial charge >= 0.3 is 0 Å². The SMILES string of the molecule is Cc1ccccc1C(=O)NC(C(=O)N(C)Cc1ccc(C#N)cc1)C(C)C. The highest BCUT2D eigenvalue weighted by molar-refractivity contribution is 5.98. The molecular weight excluding hydrogens is 338 g/mol. The molecule has 5 heteroatoms. The Morgan fingerprint density at radius 3 is 2.30 bits per heavy atom. The largest absolute Gasteiger partial charge is 0.340 e. The number of nitrogens with one attached hydrogen (secondary N) is 1. The minimum Gasteiger partial charge on any atom is -0.340 e. The van der Waals surface area contributed by atoms with Gasteiger partial charge in [0.05, 0.1) is 11.6 Å². The van der Waals surface area contributed by atoms with E-state index >= 15 is 0 Å². The van der Waals surface area contributed by atoms with Crippen LogP contribution in [0.1, 0.15) is 40.9 Å². The van der Waals surface area contributed by atoms with Gasteiger partial charge in [-0.25, -0.2) is 0 Å². The van der Waals surface area contributed by atoms with Crippen molar-refractivity contribution in [2.24, 2.45) is 5.92 Å². The molecule has 0 saturated carbocycles. The van der Waals surface area contributed by atoms with E-state index in [1.165, 1.54) is 0 Å². The van der Waals surface area contributed by atoms with Crippen molar-refractivity contribution in [1.82, 2.24) is 10.2 Å².